The molecule has 2 aromatic rings. The molecule has 0 fully saturated rings. The Kier molecular flexibility index (Phi) is 6.13. The van der Waals surface area contributed by atoms with E-state index in [1.54, 1.807) is 0 Å². The van der Waals surface area contributed by atoms with Crippen molar-refractivity contribution in [1.82, 2.24) is 31.0 Å². The van der Waals surface area contributed by atoms with Crippen molar-refractivity contribution in [2.75, 3.05) is 0 Å². The van der Waals surface area contributed by atoms with Crippen molar-refractivity contribution in [2.24, 2.45) is 5.73 Å². The fourth-order valence-corrected chi connectivity index (χ4v) is 2.33. The second-order valence-corrected chi connectivity index (χ2v) is 5.92. The first-order valence-corrected chi connectivity index (χ1v) is 8.02. The number of primary amides is 1. The van der Waals surface area contributed by atoms with Gasteiger partial charge in [-0.3, -0.25) is 4.79 Å². The number of aromatic nitrogens is 4. The summed E-state index contributed by atoms with van der Waals surface area (Å²) in [5.41, 5.74) is 6.60. The maximum atomic E-state index is 12.0. The summed E-state index contributed by atoms with van der Waals surface area (Å²) < 4.78 is 5.36. The van der Waals surface area contributed by atoms with E-state index in [9.17, 15) is 19.5 Å². The third-order valence-electron chi connectivity index (χ3n) is 3.03. The van der Waals surface area contributed by atoms with Crippen LogP contribution < -0.4 is 16.4 Å². The number of nitrogens with two attached hydrogens (primary N) is 1. The minimum atomic E-state index is -1.55. The Morgan fingerprint density at radius 3 is 2.58 bits per heavy atom. The van der Waals surface area contributed by atoms with E-state index >= 15 is 0 Å². The first-order chi connectivity index (χ1) is 12.3. The molecule has 13 nitrogen and oxygen atoms in total. The topological polar surface area (TPSA) is 206 Å². The van der Waals surface area contributed by atoms with Crippen molar-refractivity contribution in [2.45, 2.75) is 31.5 Å². The highest BCUT2D eigenvalue weighted by molar-refractivity contribution is 7.12. The average molecular weight is 385 g/mol. The van der Waals surface area contributed by atoms with E-state index in [1.807, 2.05) is 0 Å². The quantitative estimate of drug-likeness (QED) is 0.360. The van der Waals surface area contributed by atoms with Gasteiger partial charge in [-0.1, -0.05) is 11.3 Å². The van der Waals surface area contributed by atoms with Gasteiger partial charge in [0.2, 0.25) is 16.8 Å². The van der Waals surface area contributed by atoms with E-state index < -0.39 is 36.1 Å². The number of nitrogens with zero attached hydrogens (tertiary/aromatic N) is 4. The number of aliphatic carboxylic acids is 1. The summed E-state index contributed by atoms with van der Waals surface area (Å²) in [5, 5.41) is 37.9. The summed E-state index contributed by atoms with van der Waals surface area (Å²) in [4.78, 5) is 34.3. The Bertz CT molecular complexity index is 777. The van der Waals surface area contributed by atoms with E-state index in [2.05, 4.69) is 31.0 Å². The molecule has 0 bridgehead atoms. The van der Waals surface area contributed by atoms with Gasteiger partial charge in [-0.15, -0.1) is 20.4 Å². The molecule has 0 aliphatic carbocycles. The van der Waals surface area contributed by atoms with Crippen LogP contribution in [0.3, 0.4) is 0 Å². The predicted molar refractivity (Wildman–Crippen MR) is 84.5 cm³/mol. The van der Waals surface area contributed by atoms with Crippen LogP contribution in [0.5, 0.6) is 0 Å². The number of aliphatic hydroxyl groups excluding tert-OH is 1. The lowest BCUT2D eigenvalue weighted by Gasteiger charge is -2.19. The van der Waals surface area contributed by atoms with Gasteiger partial charge >= 0.3 is 12.0 Å². The van der Waals surface area contributed by atoms with E-state index in [4.69, 9.17) is 15.3 Å². The fourth-order valence-electron chi connectivity index (χ4n) is 1.86. The van der Waals surface area contributed by atoms with Crippen LogP contribution in [0, 0.1) is 0 Å². The van der Waals surface area contributed by atoms with Crippen LogP contribution in [0.2, 0.25) is 0 Å². The largest absolute Gasteiger partial charge is 0.480 e. The molecular weight excluding hydrogens is 370 g/mol. The molecule has 0 saturated heterocycles. The highest BCUT2D eigenvalue weighted by Crippen LogP contribution is 2.22. The smallest absolute Gasteiger partial charge is 0.328 e. The molecule has 0 radical (unpaired) electrons. The molecule has 2 heterocycles. The maximum Gasteiger partial charge on any atom is 0.328 e. The van der Waals surface area contributed by atoms with Crippen LogP contribution in [-0.2, 0) is 9.59 Å². The van der Waals surface area contributed by atoms with Gasteiger partial charge in [-0.2, -0.15) is 0 Å². The van der Waals surface area contributed by atoms with Gasteiger partial charge in [0.05, 0.1) is 12.5 Å². The Morgan fingerprint density at radius 1 is 1.31 bits per heavy atom. The monoisotopic (exact) mass is 385 g/mol. The lowest BCUT2D eigenvalue weighted by molar-refractivity contribution is -0.141. The van der Waals surface area contributed by atoms with Crippen molar-refractivity contribution >= 4 is 29.2 Å². The van der Waals surface area contributed by atoms with Crippen LogP contribution in [0.1, 0.15) is 25.3 Å². The van der Waals surface area contributed by atoms with Crippen molar-refractivity contribution in [1.29, 1.82) is 0 Å². The number of carbonyl (C=O) groups is 3. The van der Waals surface area contributed by atoms with Gasteiger partial charge in [0, 0.05) is 0 Å². The van der Waals surface area contributed by atoms with Gasteiger partial charge in [0.15, 0.2) is 6.04 Å². The third-order valence-corrected chi connectivity index (χ3v) is 3.71. The molecule has 0 aliphatic rings. The predicted octanol–water partition coefficient (Wildman–Crippen LogP) is -1.36. The number of nitrogens with one attached hydrogen (secondary N) is 2. The average Bonchev–Trinajstić information content (AvgIpc) is 3.21. The van der Waals surface area contributed by atoms with Gasteiger partial charge in [-0.05, 0) is 6.92 Å². The minimum Gasteiger partial charge on any atom is -0.480 e. The molecule has 0 aliphatic heterocycles. The Hall–Kier alpha value is -3.13. The highest BCUT2D eigenvalue weighted by Gasteiger charge is 2.28. The molecule has 6 N–H and O–H groups in total. The number of hydrogen-bond donors (Lipinski definition) is 5. The van der Waals surface area contributed by atoms with Crippen molar-refractivity contribution < 1.29 is 29.0 Å². The number of carbonyl (C=O) groups excluding carboxylic acids is 2. The first kappa shape index (κ1) is 19.2. The number of urea groups is 1. The lowest BCUT2D eigenvalue weighted by atomic mass is 10.2. The number of hydrogen-bond acceptors (Lipinski definition) is 10. The second kappa shape index (κ2) is 8.30. The molecule has 0 aromatic carbocycles. The number of aliphatic hydroxyl groups is 1. The van der Waals surface area contributed by atoms with Crippen LogP contribution >= 0.6 is 11.3 Å². The maximum absolute atomic E-state index is 12.0. The van der Waals surface area contributed by atoms with E-state index in [0.717, 1.165) is 11.3 Å². The molecule has 2 rings (SSSR count). The molecule has 3 amide bonds. The zero-order valence-corrected chi connectivity index (χ0v) is 14.1. The van der Waals surface area contributed by atoms with Crippen molar-refractivity contribution in [3.05, 3.63) is 11.4 Å². The van der Waals surface area contributed by atoms with Crippen LogP contribution in [-0.4, -0.2) is 60.7 Å². The zero-order chi connectivity index (χ0) is 19.3. The molecule has 1 unspecified atom stereocenters. The summed E-state index contributed by atoms with van der Waals surface area (Å²) in [6.07, 6.45) is -1.72. The summed E-state index contributed by atoms with van der Waals surface area (Å²) >= 11 is 1.14. The van der Waals surface area contributed by atoms with Crippen LogP contribution in [0.15, 0.2) is 9.93 Å². The summed E-state index contributed by atoms with van der Waals surface area (Å²) in [6, 6.07) is -3.63. The van der Waals surface area contributed by atoms with Gasteiger partial charge < -0.3 is 31.0 Å². The van der Waals surface area contributed by atoms with E-state index in [1.165, 1.54) is 12.4 Å². The molecule has 140 valence electrons. The molecule has 14 heteroatoms. The molecule has 0 spiro atoms. The molecule has 2 aromatic heterocycles. The van der Waals surface area contributed by atoms with Crippen LogP contribution in [0.25, 0.3) is 10.9 Å². The Labute approximate surface area is 149 Å². The van der Waals surface area contributed by atoms with Gasteiger partial charge in [0.25, 0.3) is 5.89 Å². The SMILES string of the molecule is CC(O)[C@H](NC(=O)N[C@@H](CC(N)=O)c1nnc(-c2nncs2)o1)C(=O)O. The number of amides is 3. The normalized spacial score (nSPS) is 14.2. The Balaban J connectivity index is 2.13. The fraction of sp³-hybridized carbons (Fsp3) is 0.417. The second-order valence-electron chi connectivity index (χ2n) is 5.09. The minimum absolute atomic E-state index is 0.0339. The van der Waals surface area contributed by atoms with Gasteiger partial charge in [0.1, 0.15) is 11.6 Å². The molecule has 3 atom stereocenters. The summed E-state index contributed by atoms with van der Waals surface area (Å²) in [5.74, 6) is -2.30. The number of carboxylic acid groups (broad SMARTS) is 1. The van der Waals surface area contributed by atoms with E-state index in [0.29, 0.717) is 5.01 Å². The summed E-state index contributed by atoms with van der Waals surface area (Å²) in [6.45, 7) is 1.20. The highest BCUT2D eigenvalue weighted by atomic mass is 32.1. The molecular formula is C12H15N7O6S. The van der Waals surface area contributed by atoms with E-state index in [-0.39, 0.29) is 18.2 Å². The van der Waals surface area contributed by atoms with Gasteiger partial charge in [-0.25, -0.2) is 9.59 Å². The Morgan fingerprint density at radius 2 is 2.04 bits per heavy atom. The number of rotatable bonds is 8. The lowest BCUT2D eigenvalue weighted by Crippen LogP contribution is -2.52. The standard InChI is InChI=1S/C12H15N7O6S/c1-4(20)7(11(22)23)16-12(24)15-5(2-6(13)21)8-17-18-9(25-8)10-19-14-3-26-10/h3-5,7,20H,2H2,1H3,(H2,13,21)(H,22,23)(H2,15,16,24)/t4?,5-,7-/m0/s1. The number of carboxylic acids is 1. The zero-order valence-electron chi connectivity index (χ0n) is 13.3. The van der Waals surface area contributed by atoms with Crippen molar-refractivity contribution in [3.8, 4) is 10.9 Å². The first-order valence-electron chi connectivity index (χ1n) is 7.14. The molecule has 26 heavy (non-hydrogen) atoms. The van der Waals surface area contributed by atoms with Crippen molar-refractivity contribution in [3.63, 3.8) is 0 Å². The third kappa shape index (κ3) is 4.93. The molecule has 0 saturated carbocycles. The van der Waals surface area contributed by atoms with Crippen LogP contribution in [0.4, 0.5) is 4.79 Å². The summed E-state index contributed by atoms with van der Waals surface area (Å²) in [7, 11) is 0.